The first kappa shape index (κ1) is 17.0. The molecule has 23 heavy (non-hydrogen) atoms. The Kier molecular flexibility index (Phi) is 5.77. The van der Waals surface area contributed by atoms with Crippen LogP contribution in [0.2, 0.25) is 0 Å². The topological polar surface area (TPSA) is 41.6 Å². The highest BCUT2D eigenvalue weighted by Crippen LogP contribution is 2.22. The van der Waals surface area contributed by atoms with Crippen LogP contribution < -0.4 is 10.1 Å². The van der Waals surface area contributed by atoms with Gasteiger partial charge in [0.15, 0.2) is 0 Å². The average molecular weight is 312 g/mol. The lowest BCUT2D eigenvalue weighted by Gasteiger charge is -2.25. The lowest BCUT2D eigenvalue weighted by Crippen LogP contribution is -2.34. The molecule has 1 atom stereocenters. The summed E-state index contributed by atoms with van der Waals surface area (Å²) in [7, 11) is 5.66. The van der Waals surface area contributed by atoms with Crippen molar-refractivity contribution in [1.29, 1.82) is 0 Å². The second kappa shape index (κ2) is 7.79. The van der Waals surface area contributed by atoms with Crippen molar-refractivity contribution in [3.63, 3.8) is 0 Å². The van der Waals surface area contributed by atoms with Crippen LogP contribution >= 0.6 is 0 Å². The fourth-order valence-electron chi connectivity index (χ4n) is 2.53. The lowest BCUT2D eigenvalue weighted by atomic mass is 10.1. The third-order valence-electron chi connectivity index (χ3n) is 3.84. The summed E-state index contributed by atoms with van der Waals surface area (Å²) in [4.78, 5) is 14.4. The number of hydrogen-bond donors (Lipinski definition) is 1. The van der Waals surface area contributed by atoms with E-state index in [9.17, 15) is 4.79 Å². The molecular weight excluding hydrogens is 288 g/mol. The van der Waals surface area contributed by atoms with Crippen LogP contribution in [0.25, 0.3) is 0 Å². The van der Waals surface area contributed by atoms with Gasteiger partial charge in [-0.25, -0.2) is 0 Å². The predicted molar refractivity (Wildman–Crippen MR) is 92.9 cm³/mol. The average Bonchev–Trinajstić information content (AvgIpc) is 2.54. The minimum atomic E-state index is -0.0524. The van der Waals surface area contributed by atoms with Crippen molar-refractivity contribution in [1.82, 2.24) is 10.2 Å². The van der Waals surface area contributed by atoms with Gasteiger partial charge in [0.2, 0.25) is 0 Å². The molecule has 0 aliphatic rings. The fraction of sp³-hybridized carbons (Fsp3) is 0.316. The molecule has 2 rings (SSSR count). The smallest absolute Gasteiger partial charge is 0.251 e. The fourth-order valence-corrected chi connectivity index (χ4v) is 2.53. The molecule has 0 aliphatic heterocycles. The highest BCUT2D eigenvalue weighted by Gasteiger charge is 2.16. The zero-order chi connectivity index (χ0) is 16.8. The highest BCUT2D eigenvalue weighted by atomic mass is 16.5. The Morgan fingerprint density at radius 1 is 1.17 bits per heavy atom. The van der Waals surface area contributed by atoms with Crippen LogP contribution in [0.15, 0.2) is 48.5 Å². The molecule has 1 unspecified atom stereocenters. The maximum absolute atomic E-state index is 12.3. The summed E-state index contributed by atoms with van der Waals surface area (Å²) in [6.45, 7) is 2.52. The Morgan fingerprint density at radius 2 is 1.91 bits per heavy atom. The number of ether oxygens (including phenoxy) is 1. The number of methoxy groups -OCH3 is 1. The van der Waals surface area contributed by atoms with E-state index in [1.165, 1.54) is 0 Å². The van der Waals surface area contributed by atoms with Gasteiger partial charge in [-0.3, -0.25) is 4.79 Å². The van der Waals surface area contributed by atoms with Gasteiger partial charge in [-0.1, -0.05) is 29.8 Å². The third-order valence-corrected chi connectivity index (χ3v) is 3.84. The van der Waals surface area contributed by atoms with Gasteiger partial charge in [-0.05, 0) is 50.8 Å². The molecule has 4 nitrogen and oxygen atoms in total. The molecule has 122 valence electrons. The molecule has 0 heterocycles. The molecule has 0 aromatic heterocycles. The van der Waals surface area contributed by atoms with Crippen molar-refractivity contribution in [3.8, 4) is 5.75 Å². The van der Waals surface area contributed by atoms with Crippen LogP contribution in [0.4, 0.5) is 0 Å². The van der Waals surface area contributed by atoms with E-state index in [1.807, 2.05) is 69.6 Å². The number of hydrogen-bond acceptors (Lipinski definition) is 3. The number of amides is 1. The first-order valence-corrected chi connectivity index (χ1v) is 7.66. The molecule has 0 bridgehead atoms. The summed E-state index contributed by atoms with van der Waals surface area (Å²) in [5, 5.41) is 3.02. The van der Waals surface area contributed by atoms with E-state index < -0.39 is 0 Å². The second-order valence-electron chi connectivity index (χ2n) is 5.84. The number of benzene rings is 2. The Hall–Kier alpha value is -2.33. The minimum Gasteiger partial charge on any atom is -0.497 e. The van der Waals surface area contributed by atoms with Gasteiger partial charge in [0.05, 0.1) is 13.2 Å². The van der Waals surface area contributed by atoms with Gasteiger partial charge < -0.3 is 15.0 Å². The summed E-state index contributed by atoms with van der Waals surface area (Å²) >= 11 is 0. The first-order valence-electron chi connectivity index (χ1n) is 7.66. The molecule has 2 aromatic rings. The maximum atomic E-state index is 12.3. The zero-order valence-corrected chi connectivity index (χ0v) is 14.2. The highest BCUT2D eigenvalue weighted by molar-refractivity contribution is 5.94. The predicted octanol–water partition coefficient (Wildman–Crippen LogP) is 3.04. The van der Waals surface area contributed by atoms with Gasteiger partial charge in [0.25, 0.3) is 5.91 Å². The summed E-state index contributed by atoms with van der Waals surface area (Å²) in [5.41, 5.74) is 2.88. The number of aryl methyl sites for hydroxylation is 1. The van der Waals surface area contributed by atoms with Crippen molar-refractivity contribution in [2.75, 3.05) is 27.7 Å². The molecule has 0 saturated heterocycles. The molecule has 2 aromatic carbocycles. The van der Waals surface area contributed by atoms with Crippen molar-refractivity contribution in [2.45, 2.75) is 13.0 Å². The largest absolute Gasteiger partial charge is 0.497 e. The number of rotatable bonds is 6. The Balaban J connectivity index is 2.09. The Labute approximate surface area is 138 Å². The Bertz CT molecular complexity index is 668. The molecule has 4 heteroatoms. The molecule has 1 amide bonds. The minimum absolute atomic E-state index is 0.0524. The number of nitrogens with one attached hydrogen (secondary N) is 1. The van der Waals surface area contributed by atoms with Crippen LogP contribution in [0.5, 0.6) is 5.75 Å². The van der Waals surface area contributed by atoms with E-state index in [4.69, 9.17) is 4.74 Å². The van der Waals surface area contributed by atoms with E-state index in [2.05, 4.69) is 10.2 Å². The van der Waals surface area contributed by atoms with Gasteiger partial charge >= 0.3 is 0 Å². The molecular formula is C19H24N2O2. The van der Waals surface area contributed by atoms with E-state index in [0.29, 0.717) is 12.1 Å². The SMILES string of the molecule is COc1cccc(C(CNC(=O)c2cccc(C)c2)N(C)C)c1. The summed E-state index contributed by atoms with van der Waals surface area (Å²) in [6, 6.07) is 15.6. The van der Waals surface area contributed by atoms with Gasteiger partial charge in [-0.2, -0.15) is 0 Å². The number of nitrogens with zero attached hydrogens (tertiary/aromatic N) is 1. The van der Waals surface area contributed by atoms with Crippen LogP contribution in [0.3, 0.4) is 0 Å². The van der Waals surface area contributed by atoms with Crippen molar-refractivity contribution >= 4 is 5.91 Å². The van der Waals surface area contributed by atoms with Crippen LogP contribution in [0.1, 0.15) is 27.5 Å². The van der Waals surface area contributed by atoms with Crippen LogP contribution in [-0.2, 0) is 0 Å². The van der Waals surface area contributed by atoms with Crippen molar-refractivity contribution < 1.29 is 9.53 Å². The van der Waals surface area contributed by atoms with E-state index >= 15 is 0 Å². The second-order valence-corrected chi connectivity index (χ2v) is 5.84. The molecule has 0 aliphatic carbocycles. The molecule has 0 fully saturated rings. The van der Waals surface area contributed by atoms with Gasteiger partial charge in [0.1, 0.15) is 5.75 Å². The molecule has 0 radical (unpaired) electrons. The van der Waals surface area contributed by atoms with Gasteiger partial charge in [-0.15, -0.1) is 0 Å². The number of carbonyl (C=O) groups is 1. The monoisotopic (exact) mass is 312 g/mol. The standard InChI is InChI=1S/C19H24N2O2/c1-14-7-5-9-16(11-14)19(22)20-13-18(21(2)3)15-8-6-10-17(12-15)23-4/h5-12,18H,13H2,1-4H3,(H,20,22). The van der Waals surface area contributed by atoms with E-state index in [-0.39, 0.29) is 11.9 Å². The third kappa shape index (κ3) is 4.57. The first-order chi connectivity index (χ1) is 11.0. The van der Waals surface area contributed by atoms with Crippen LogP contribution in [0, 0.1) is 6.92 Å². The van der Waals surface area contributed by atoms with Crippen molar-refractivity contribution in [3.05, 3.63) is 65.2 Å². The van der Waals surface area contributed by atoms with E-state index in [0.717, 1.165) is 16.9 Å². The quantitative estimate of drug-likeness (QED) is 0.891. The maximum Gasteiger partial charge on any atom is 0.251 e. The van der Waals surface area contributed by atoms with E-state index in [1.54, 1.807) is 7.11 Å². The summed E-state index contributed by atoms with van der Waals surface area (Å²) < 4.78 is 5.29. The Morgan fingerprint density at radius 3 is 2.57 bits per heavy atom. The lowest BCUT2D eigenvalue weighted by molar-refractivity contribution is 0.0942. The molecule has 0 saturated carbocycles. The zero-order valence-electron chi connectivity index (χ0n) is 14.2. The molecule has 0 spiro atoms. The summed E-state index contributed by atoms with van der Waals surface area (Å²) in [6.07, 6.45) is 0. The van der Waals surface area contributed by atoms with Gasteiger partial charge in [0, 0.05) is 12.1 Å². The van der Waals surface area contributed by atoms with Crippen LogP contribution in [-0.4, -0.2) is 38.6 Å². The van der Waals surface area contributed by atoms with Crippen molar-refractivity contribution in [2.24, 2.45) is 0 Å². The number of likely N-dealkylation sites (N-methyl/N-ethyl adjacent to an activating group) is 1. The molecule has 1 N–H and O–H groups in total. The summed E-state index contributed by atoms with van der Waals surface area (Å²) in [5.74, 6) is 0.766. The normalized spacial score (nSPS) is 12.0. The number of carbonyl (C=O) groups excluding carboxylic acids is 1.